The minimum Gasteiger partial charge on any atom is -0.410 e. The summed E-state index contributed by atoms with van der Waals surface area (Å²) in [4.78, 5) is 17.1. The fourth-order valence-electron chi connectivity index (χ4n) is 4.26. The summed E-state index contributed by atoms with van der Waals surface area (Å²) >= 11 is 3.57. The molecule has 1 saturated carbocycles. The Labute approximate surface area is 205 Å². The number of hydrogen-bond donors (Lipinski definition) is 2. The lowest BCUT2D eigenvalue weighted by Gasteiger charge is -2.24. The molecule has 1 amide bonds. The number of ether oxygens (including phenoxy) is 1. The van der Waals surface area contributed by atoms with Crippen LogP contribution in [0.2, 0.25) is 0 Å². The first kappa shape index (κ1) is 22.4. The molecule has 1 fully saturated rings. The highest BCUT2D eigenvalue weighted by Crippen LogP contribution is 2.33. The molecule has 0 saturated heterocycles. The number of aromatic nitrogens is 2. The van der Waals surface area contributed by atoms with Gasteiger partial charge in [0.2, 0.25) is 0 Å². The van der Waals surface area contributed by atoms with Gasteiger partial charge in [0.1, 0.15) is 28.7 Å². The van der Waals surface area contributed by atoms with E-state index in [1.165, 1.54) is 43.5 Å². The van der Waals surface area contributed by atoms with Gasteiger partial charge in [-0.2, -0.15) is 0 Å². The molecule has 0 spiro atoms. The predicted octanol–water partition coefficient (Wildman–Crippen LogP) is 7.26. The van der Waals surface area contributed by atoms with Gasteiger partial charge in [-0.15, -0.1) is 0 Å². The molecule has 2 aromatic carbocycles. The summed E-state index contributed by atoms with van der Waals surface area (Å²) in [5, 5.41) is 6.44. The zero-order chi connectivity index (χ0) is 23.5. The van der Waals surface area contributed by atoms with Gasteiger partial charge in [-0.05, 0) is 77.3 Å². The first-order valence-electron chi connectivity index (χ1n) is 11.3. The maximum Gasteiger partial charge on any atom is 0.417 e. The fraction of sp³-hybridized carbons (Fsp3) is 0.231. The van der Waals surface area contributed by atoms with Crippen LogP contribution >= 0.6 is 15.9 Å². The molecule has 8 heteroatoms. The van der Waals surface area contributed by atoms with Gasteiger partial charge in [0, 0.05) is 28.0 Å². The number of amides is 1. The van der Waals surface area contributed by atoms with Crippen LogP contribution in [-0.2, 0) is 0 Å². The van der Waals surface area contributed by atoms with Crippen molar-refractivity contribution in [2.75, 3.05) is 10.6 Å². The molecule has 2 N–H and O–H groups in total. The van der Waals surface area contributed by atoms with Crippen LogP contribution in [0.1, 0.15) is 32.1 Å². The Morgan fingerprint density at radius 3 is 2.47 bits per heavy atom. The minimum absolute atomic E-state index is 0.268. The number of benzene rings is 2. The van der Waals surface area contributed by atoms with E-state index >= 15 is 0 Å². The number of fused-ring (bicyclic) bond motifs is 1. The van der Waals surface area contributed by atoms with Crippen molar-refractivity contribution >= 4 is 39.2 Å². The van der Waals surface area contributed by atoms with E-state index in [1.54, 1.807) is 0 Å². The molecule has 1 aliphatic carbocycles. The van der Waals surface area contributed by atoms with Crippen molar-refractivity contribution in [1.29, 1.82) is 0 Å². The van der Waals surface area contributed by atoms with Gasteiger partial charge in [0.25, 0.3) is 0 Å². The molecule has 4 aromatic rings. The molecule has 174 valence electrons. The summed E-state index contributed by atoms with van der Waals surface area (Å²) in [6.07, 6.45) is 7.46. The second kappa shape index (κ2) is 9.85. The molecule has 5 rings (SSSR count). The highest BCUT2D eigenvalue weighted by molar-refractivity contribution is 9.10. The van der Waals surface area contributed by atoms with Gasteiger partial charge in [0.05, 0.1) is 0 Å². The van der Waals surface area contributed by atoms with E-state index in [-0.39, 0.29) is 11.6 Å². The summed E-state index contributed by atoms with van der Waals surface area (Å²) in [5.74, 6) is 0.851. The molecule has 0 bridgehead atoms. The molecule has 34 heavy (non-hydrogen) atoms. The normalized spacial score (nSPS) is 14.2. The number of rotatable bonds is 5. The Morgan fingerprint density at radius 2 is 1.74 bits per heavy atom. The molecule has 0 radical (unpaired) electrons. The average Bonchev–Trinajstić information content (AvgIpc) is 3.19. The van der Waals surface area contributed by atoms with Crippen LogP contribution in [0.5, 0.6) is 5.75 Å². The number of carbonyl (C=O) groups is 1. The Bertz CT molecular complexity index is 1300. The van der Waals surface area contributed by atoms with E-state index in [0.29, 0.717) is 11.7 Å². The number of nitrogens with one attached hydrogen (secondary N) is 2. The molecular weight excluding hydrogens is 499 g/mol. The van der Waals surface area contributed by atoms with Crippen molar-refractivity contribution < 1.29 is 13.9 Å². The van der Waals surface area contributed by atoms with E-state index in [0.717, 1.165) is 40.0 Å². The van der Waals surface area contributed by atoms with E-state index in [2.05, 4.69) is 31.0 Å². The molecular formula is C26H24BrFN4O2. The Morgan fingerprint density at radius 1 is 1.00 bits per heavy atom. The Hall–Kier alpha value is -3.39. The molecule has 6 nitrogen and oxygen atoms in total. The zero-order valence-electron chi connectivity index (χ0n) is 18.4. The van der Waals surface area contributed by atoms with Gasteiger partial charge < -0.3 is 10.1 Å². The second-order valence-electron chi connectivity index (χ2n) is 8.41. The molecule has 0 aliphatic heterocycles. The second-order valence-corrected chi connectivity index (χ2v) is 9.33. The van der Waals surface area contributed by atoms with E-state index in [9.17, 15) is 9.18 Å². The average molecular weight is 523 g/mol. The van der Waals surface area contributed by atoms with Gasteiger partial charge in [-0.3, -0.25) is 9.72 Å². The van der Waals surface area contributed by atoms with Crippen LogP contribution in [-0.4, -0.2) is 21.5 Å². The largest absolute Gasteiger partial charge is 0.417 e. The van der Waals surface area contributed by atoms with E-state index in [4.69, 9.17) is 9.72 Å². The van der Waals surface area contributed by atoms with Crippen molar-refractivity contribution in [1.82, 2.24) is 9.38 Å². The number of pyridine rings is 1. The standard InChI is InChI=1S/C26H24BrFN4O2/c27-18-8-15-23-31-24(25(32(23)16-18)29-20-4-2-1-3-5-20)17-6-11-21(12-7-17)30-26(33)34-22-13-9-19(28)10-14-22/h6-16,20,29H,1-5H2,(H,30,33). The van der Waals surface area contributed by atoms with Crippen LogP contribution in [0.3, 0.4) is 0 Å². The van der Waals surface area contributed by atoms with Gasteiger partial charge in [0.15, 0.2) is 0 Å². The summed E-state index contributed by atoms with van der Waals surface area (Å²) in [6.45, 7) is 0. The first-order chi connectivity index (χ1) is 16.5. The zero-order valence-corrected chi connectivity index (χ0v) is 20.0. The smallest absolute Gasteiger partial charge is 0.410 e. The summed E-state index contributed by atoms with van der Waals surface area (Å²) < 4.78 is 21.3. The molecule has 0 atom stereocenters. The molecule has 2 aromatic heterocycles. The lowest BCUT2D eigenvalue weighted by molar-refractivity contribution is 0.215. The van der Waals surface area contributed by atoms with Crippen LogP contribution < -0.4 is 15.4 Å². The number of hydrogen-bond acceptors (Lipinski definition) is 4. The van der Waals surface area contributed by atoms with Crippen LogP contribution in [0, 0.1) is 5.82 Å². The third-order valence-electron chi connectivity index (χ3n) is 5.96. The number of imidazole rings is 1. The van der Waals surface area contributed by atoms with Crippen LogP contribution in [0.25, 0.3) is 16.9 Å². The quantitative estimate of drug-likeness (QED) is 0.289. The summed E-state index contributed by atoms with van der Waals surface area (Å²) in [5.41, 5.74) is 3.26. The van der Waals surface area contributed by atoms with Crippen LogP contribution in [0.4, 0.5) is 20.7 Å². The van der Waals surface area contributed by atoms with Crippen molar-refractivity contribution in [3.8, 4) is 17.0 Å². The molecule has 1 aliphatic rings. The lowest BCUT2D eigenvalue weighted by atomic mass is 9.95. The first-order valence-corrected chi connectivity index (χ1v) is 12.1. The highest BCUT2D eigenvalue weighted by atomic mass is 79.9. The number of carbonyl (C=O) groups excluding carboxylic acids is 1. The molecule has 0 unspecified atom stereocenters. The lowest BCUT2D eigenvalue weighted by Crippen LogP contribution is -2.23. The Kier molecular flexibility index (Phi) is 6.49. The third-order valence-corrected chi connectivity index (χ3v) is 6.43. The minimum atomic E-state index is -0.642. The maximum atomic E-state index is 13.0. The third kappa shape index (κ3) is 5.07. The topological polar surface area (TPSA) is 67.7 Å². The number of halogens is 2. The highest BCUT2D eigenvalue weighted by Gasteiger charge is 2.20. The van der Waals surface area contributed by atoms with Crippen molar-refractivity contribution in [3.05, 3.63) is 77.2 Å². The van der Waals surface area contributed by atoms with Gasteiger partial charge >= 0.3 is 6.09 Å². The van der Waals surface area contributed by atoms with Gasteiger partial charge in [-0.25, -0.2) is 14.2 Å². The Balaban J connectivity index is 1.37. The monoisotopic (exact) mass is 522 g/mol. The van der Waals surface area contributed by atoms with E-state index in [1.807, 2.05) is 42.6 Å². The number of anilines is 2. The van der Waals surface area contributed by atoms with E-state index < -0.39 is 6.09 Å². The predicted molar refractivity (Wildman–Crippen MR) is 135 cm³/mol. The summed E-state index contributed by atoms with van der Waals surface area (Å²) in [6, 6.07) is 17.2. The van der Waals surface area contributed by atoms with Gasteiger partial charge in [-0.1, -0.05) is 31.4 Å². The van der Waals surface area contributed by atoms with Crippen molar-refractivity contribution in [2.24, 2.45) is 0 Å². The number of nitrogens with zero attached hydrogens (tertiary/aromatic N) is 2. The fourth-order valence-corrected chi connectivity index (χ4v) is 4.60. The van der Waals surface area contributed by atoms with Crippen molar-refractivity contribution in [3.63, 3.8) is 0 Å². The maximum absolute atomic E-state index is 13.0. The SMILES string of the molecule is O=C(Nc1ccc(-c2nc3ccc(Br)cn3c2NC2CCCCC2)cc1)Oc1ccc(F)cc1. The molecule has 2 heterocycles. The van der Waals surface area contributed by atoms with Crippen LogP contribution in [0.15, 0.2) is 71.3 Å². The summed E-state index contributed by atoms with van der Waals surface area (Å²) in [7, 11) is 0. The van der Waals surface area contributed by atoms with Crippen molar-refractivity contribution in [2.45, 2.75) is 38.1 Å².